The molecule has 0 aliphatic carbocycles. The van der Waals surface area contributed by atoms with Crippen LogP contribution in [0.4, 0.5) is 0 Å². The average Bonchev–Trinajstić information content (AvgIpc) is 2.68. The Balaban J connectivity index is 1.40. The lowest BCUT2D eigenvalue weighted by atomic mass is 10.0. The number of para-hydroxylation sites is 1. The summed E-state index contributed by atoms with van der Waals surface area (Å²) < 4.78 is 11.3. The number of fused-ring (bicyclic) bond motifs is 1. The van der Waals surface area contributed by atoms with Crippen LogP contribution < -0.4 is 4.74 Å². The maximum absolute atomic E-state index is 5.88. The Kier molecular flexibility index (Phi) is 4.75. The number of pyridine rings is 1. The summed E-state index contributed by atoms with van der Waals surface area (Å²) in [4.78, 5) is 4.64. The fraction of sp³-hybridized carbons (Fsp3) is 0.227. The molecule has 4 rings (SSSR count). The van der Waals surface area contributed by atoms with Gasteiger partial charge in [-0.3, -0.25) is 0 Å². The summed E-state index contributed by atoms with van der Waals surface area (Å²) in [6, 6.07) is 20.5. The number of ether oxygens (including phenoxy) is 2. The average molecular weight is 331 g/mol. The van der Waals surface area contributed by atoms with Gasteiger partial charge < -0.3 is 9.47 Å². The molecule has 0 N–H and O–H groups in total. The lowest BCUT2D eigenvalue weighted by Gasteiger charge is -2.14. The van der Waals surface area contributed by atoms with E-state index in [0.29, 0.717) is 6.61 Å². The maximum atomic E-state index is 5.88. The fourth-order valence-corrected chi connectivity index (χ4v) is 3.02. The number of aromatic nitrogens is 1. The first-order valence-corrected chi connectivity index (χ1v) is 8.71. The number of benzene rings is 2. The molecule has 1 fully saturated rings. The highest BCUT2D eigenvalue weighted by Gasteiger charge is 2.05. The Bertz CT molecular complexity index is 876. The number of rotatable bonds is 4. The van der Waals surface area contributed by atoms with Crippen molar-refractivity contribution in [3.8, 4) is 5.75 Å². The zero-order valence-electron chi connectivity index (χ0n) is 14.2. The highest BCUT2D eigenvalue weighted by molar-refractivity contribution is 5.78. The van der Waals surface area contributed by atoms with Gasteiger partial charge in [0, 0.05) is 5.39 Å². The van der Waals surface area contributed by atoms with Gasteiger partial charge in [-0.2, -0.15) is 0 Å². The third-order valence-corrected chi connectivity index (χ3v) is 4.43. The topological polar surface area (TPSA) is 31.4 Å². The minimum atomic E-state index is 0.475. The van der Waals surface area contributed by atoms with Gasteiger partial charge in [-0.05, 0) is 42.7 Å². The van der Waals surface area contributed by atoms with Gasteiger partial charge in [-0.1, -0.05) is 48.0 Å². The summed E-state index contributed by atoms with van der Waals surface area (Å²) in [5.74, 6) is 0.865. The summed E-state index contributed by atoms with van der Waals surface area (Å²) in [6.07, 6.45) is 4.33. The largest absolute Gasteiger partial charge is 0.487 e. The molecule has 2 aromatic carbocycles. The number of nitrogens with zero attached hydrogens (tertiary/aromatic N) is 1. The molecule has 25 heavy (non-hydrogen) atoms. The Labute approximate surface area is 147 Å². The Hall–Kier alpha value is -2.65. The molecule has 1 saturated heterocycles. The third-order valence-electron chi connectivity index (χ3n) is 4.43. The van der Waals surface area contributed by atoms with Gasteiger partial charge in [0.1, 0.15) is 12.4 Å². The Morgan fingerprint density at radius 3 is 2.56 bits per heavy atom. The Morgan fingerprint density at radius 1 is 0.920 bits per heavy atom. The second kappa shape index (κ2) is 7.49. The molecular formula is C22H21NO2. The van der Waals surface area contributed by atoms with Gasteiger partial charge in [0.2, 0.25) is 0 Å². The van der Waals surface area contributed by atoms with Crippen molar-refractivity contribution in [1.82, 2.24) is 4.98 Å². The van der Waals surface area contributed by atoms with Gasteiger partial charge in [-0.25, -0.2) is 4.98 Å². The first-order valence-electron chi connectivity index (χ1n) is 8.71. The van der Waals surface area contributed by atoms with Gasteiger partial charge in [0.05, 0.1) is 24.4 Å². The molecule has 1 aliphatic heterocycles. The second-order valence-electron chi connectivity index (χ2n) is 6.27. The number of hydrogen-bond acceptors (Lipinski definition) is 3. The molecule has 3 heteroatoms. The molecule has 0 amide bonds. The standard InChI is InChI=1S/C22H21NO2/c1-2-4-22-19(3-1)7-8-20(23-22)16-25-21-9-5-17(6-10-21)15-18-11-13-24-14-12-18/h1-10,15H,11-14,16H2. The minimum Gasteiger partial charge on any atom is -0.487 e. The van der Waals surface area contributed by atoms with Crippen LogP contribution in [0.25, 0.3) is 17.0 Å². The van der Waals surface area contributed by atoms with Crippen molar-refractivity contribution in [2.24, 2.45) is 0 Å². The molecule has 0 atom stereocenters. The van der Waals surface area contributed by atoms with E-state index in [1.165, 1.54) is 11.1 Å². The maximum Gasteiger partial charge on any atom is 0.130 e. The highest BCUT2D eigenvalue weighted by atomic mass is 16.5. The van der Waals surface area contributed by atoms with Gasteiger partial charge in [0.15, 0.2) is 0 Å². The first kappa shape index (κ1) is 15.9. The minimum absolute atomic E-state index is 0.475. The van der Waals surface area contributed by atoms with E-state index < -0.39 is 0 Å². The second-order valence-corrected chi connectivity index (χ2v) is 6.27. The summed E-state index contributed by atoms with van der Waals surface area (Å²) >= 11 is 0. The van der Waals surface area contributed by atoms with E-state index in [1.54, 1.807) is 0 Å². The molecule has 3 nitrogen and oxygen atoms in total. The van der Waals surface area contributed by atoms with Crippen LogP contribution in [0.5, 0.6) is 5.75 Å². The highest BCUT2D eigenvalue weighted by Crippen LogP contribution is 2.20. The van der Waals surface area contributed by atoms with E-state index >= 15 is 0 Å². The van der Waals surface area contributed by atoms with Crippen molar-refractivity contribution in [2.75, 3.05) is 13.2 Å². The Morgan fingerprint density at radius 2 is 1.72 bits per heavy atom. The van der Waals surface area contributed by atoms with Crippen LogP contribution >= 0.6 is 0 Å². The van der Waals surface area contributed by atoms with Crippen molar-refractivity contribution in [3.05, 3.63) is 77.5 Å². The van der Waals surface area contributed by atoms with Crippen molar-refractivity contribution >= 4 is 17.0 Å². The van der Waals surface area contributed by atoms with Gasteiger partial charge >= 0.3 is 0 Å². The van der Waals surface area contributed by atoms with Crippen LogP contribution in [0.15, 0.2) is 66.2 Å². The van der Waals surface area contributed by atoms with E-state index in [9.17, 15) is 0 Å². The molecule has 3 aromatic rings. The van der Waals surface area contributed by atoms with Gasteiger partial charge in [-0.15, -0.1) is 0 Å². The molecule has 0 spiro atoms. The zero-order valence-corrected chi connectivity index (χ0v) is 14.2. The molecule has 0 radical (unpaired) electrons. The predicted molar refractivity (Wildman–Crippen MR) is 101 cm³/mol. The molecule has 1 aromatic heterocycles. The quantitative estimate of drug-likeness (QED) is 0.673. The SMILES string of the molecule is C(=C1CCOCC1)c1ccc(OCc2ccc3ccccc3n2)cc1. The van der Waals surface area contributed by atoms with Crippen molar-refractivity contribution in [1.29, 1.82) is 0 Å². The van der Waals surface area contributed by atoms with E-state index in [1.807, 2.05) is 36.4 Å². The summed E-state index contributed by atoms with van der Waals surface area (Å²) in [5, 5.41) is 1.15. The third kappa shape index (κ3) is 4.06. The van der Waals surface area contributed by atoms with Crippen molar-refractivity contribution < 1.29 is 9.47 Å². The van der Waals surface area contributed by atoms with Gasteiger partial charge in [0.25, 0.3) is 0 Å². The molecule has 126 valence electrons. The molecule has 0 bridgehead atoms. The molecule has 1 aliphatic rings. The van der Waals surface area contributed by atoms with Crippen molar-refractivity contribution in [3.63, 3.8) is 0 Å². The fourth-order valence-electron chi connectivity index (χ4n) is 3.02. The molecular weight excluding hydrogens is 310 g/mol. The zero-order chi connectivity index (χ0) is 16.9. The van der Waals surface area contributed by atoms with Crippen LogP contribution in [-0.2, 0) is 11.3 Å². The number of hydrogen-bond donors (Lipinski definition) is 0. The molecule has 2 heterocycles. The van der Waals surface area contributed by atoms with E-state index in [0.717, 1.165) is 48.4 Å². The van der Waals surface area contributed by atoms with Crippen LogP contribution in [0.3, 0.4) is 0 Å². The summed E-state index contributed by atoms with van der Waals surface area (Å²) in [6.45, 7) is 2.15. The monoisotopic (exact) mass is 331 g/mol. The summed E-state index contributed by atoms with van der Waals surface area (Å²) in [7, 11) is 0. The lowest BCUT2D eigenvalue weighted by Crippen LogP contribution is -2.06. The smallest absolute Gasteiger partial charge is 0.130 e. The van der Waals surface area contributed by atoms with E-state index in [-0.39, 0.29) is 0 Å². The molecule has 0 saturated carbocycles. The first-order chi connectivity index (χ1) is 12.4. The summed E-state index contributed by atoms with van der Waals surface area (Å²) in [5.41, 5.74) is 4.61. The van der Waals surface area contributed by atoms with Crippen LogP contribution in [-0.4, -0.2) is 18.2 Å². The van der Waals surface area contributed by atoms with E-state index in [4.69, 9.17) is 9.47 Å². The lowest BCUT2D eigenvalue weighted by molar-refractivity contribution is 0.119. The van der Waals surface area contributed by atoms with Crippen LogP contribution in [0.1, 0.15) is 24.1 Å². The van der Waals surface area contributed by atoms with Crippen LogP contribution in [0, 0.1) is 0 Å². The van der Waals surface area contributed by atoms with Crippen molar-refractivity contribution in [2.45, 2.75) is 19.4 Å². The van der Waals surface area contributed by atoms with E-state index in [2.05, 4.69) is 35.3 Å². The van der Waals surface area contributed by atoms with Crippen LogP contribution in [0.2, 0.25) is 0 Å². The molecule has 0 unspecified atom stereocenters. The predicted octanol–water partition coefficient (Wildman–Crippen LogP) is 5.01. The normalized spacial score (nSPS) is 14.5.